The number of anilines is 1. The molecule has 0 bridgehead atoms. The summed E-state index contributed by atoms with van der Waals surface area (Å²) >= 11 is 12.1. The Balaban J connectivity index is 1.74. The van der Waals surface area contributed by atoms with Crippen molar-refractivity contribution in [1.82, 2.24) is 10.3 Å². The molecule has 0 atom stereocenters. The molecule has 0 aliphatic rings. The van der Waals surface area contributed by atoms with Gasteiger partial charge in [0.25, 0.3) is 0 Å². The van der Waals surface area contributed by atoms with E-state index in [2.05, 4.69) is 36.4 Å². The number of hydrogen-bond acceptors (Lipinski definition) is 5. The molecule has 34 heavy (non-hydrogen) atoms. The minimum atomic E-state index is -0.306. The molecule has 2 amide bonds. The van der Waals surface area contributed by atoms with Gasteiger partial charge in [-0.25, -0.2) is 4.79 Å². The molecule has 1 heterocycles. The van der Waals surface area contributed by atoms with Crippen LogP contribution in [0.4, 0.5) is 10.5 Å². The van der Waals surface area contributed by atoms with Crippen LogP contribution in [-0.2, 0) is 0 Å². The van der Waals surface area contributed by atoms with Crippen molar-refractivity contribution in [2.75, 3.05) is 31.5 Å². The Labute approximate surface area is 209 Å². The number of rotatable bonds is 9. The van der Waals surface area contributed by atoms with Gasteiger partial charge in [0.15, 0.2) is 11.5 Å². The van der Waals surface area contributed by atoms with E-state index in [1.807, 2.05) is 0 Å². The number of carbonyl (C=O) groups excluding carboxylic acids is 1. The number of aromatic nitrogens is 1. The Morgan fingerprint density at radius 2 is 1.88 bits per heavy atom. The van der Waals surface area contributed by atoms with E-state index in [1.165, 1.54) is 0 Å². The lowest BCUT2D eigenvalue weighted by Crippen LogP contribution is -2.31. The number of nitrogens with zero attached hydrogens (tertiary/aromatic N) is 1. The van der Waals surface area contributed by atoms with E-state index in [1.54, 1.807) is 49.7 Å². The van der Waals surface area contributed by atoms with Crippen molar-refractivity contribution in [2.45, 2.75) is 27.2 Å². The van der Waals surface area contributed by atoms with Gasteiger partial charge in [-0.1, -0.05) is 32.4 Å². The third kappa shape index (κ3) is 7.05. The van der Waals surface area contributed by atoms with Crippen LogP contribution in [0.15, 0.2) is 42.6 Å². The highest BCUT2D eigenvalue weighted by atomic mass is 35.5. The van der Waals surface area contributed by atoms with Gasteiger partial charge in [0.05, 0.1) is 29.2 Å². The third-order valence-corrected chi connectivity index (χ3v) is 5.37. The molecule has 2 aromatic carbocycles. The molecule has 0 aliphatic heterocycles. The fourth-order valence-electron chi connectivity index (χ4n) is 3.14. The Hall–Kier alpha value is -2.90. The van der Waals surface area contributed by atoms with Crippen molar-refractivity contribution in [3.05, 3.63) is 47.6 Å². The minimum Gasteiger partial charge on any atom is -0.493 e. The maximum atomic E-state index is 12.2. The lowest BCUT2D eigenvalue weighted by atomic mass is 9.92. The van der Waals surface area contributed by atoms with Crippen molar-refractivity contribution < 1.29 is 19.0 Å². The van der Waals surface area contributed by atoms with Crippen molar-refractivity contribution >= 4 is 45.8 Å². The average Bonchev–Trinajstić information content (AvgIpc) is 2.78. The van der Waals surface area contributed by atoms with E-state index in [0.717, 1.165) is 11.8 Å². The number of carbonyl (C=O) groups is 1. The molecule has 2 N–H and O–H groups in total. The number of ether oxygens (including phenoxy) is 3. The van der Waals surface area contributed by atoms with Crippen LogP contribution in [0.25, 0.3) is 10.9 Å². The molecule has 182 valence electrons. The SMILES string of the molecule is COc1cc2c(Oc3ccc(NC(=O)NCCC(C)(C)C)c(Cl)c3)ccnc2cc1OCCCl. The zero-order valence-corrected chi connectivity index (χ0v) is 21.2. The van der Waals surface area contributed by atoms with Gasteiger partial charge in [0, 0.05) is 30.3 Å². The molecule has 0 unspecified atom stereocenters. The Morgan fingerprint density at radius 3 is 2.56 bits per heavy atom. The predicted molar refractivity (Wildman–Crippen MR) is 137 cm³/mol. The molecule has 7 nitrogen and oxygen atoms in total. The summed E-state index contributed by atoms with van der Waals surface area (Å²) < 4.78 is 17.2. The van der Waals surface area contributed by atoms with Gasteiger partial charge in [-0.05, 0) is 36.1 Å². The Kier molecular flexibility index (Phi) is 8.69. The van der Waals surface area contributed by atoms with E-state index in [-0.39, 0.29) is 11.4 Å². The van der Waals surface area contributed by atoms with Crippen LogP contribution in [0, 0.1) is 5.41 Å². The number of benzene rings is 2. The lowest BCUT2D eigenvalue weighted by Gasteiger charge is -2.18. The summed E-state index contributed by atoms with van der Waals surface area (Å²) in [5.74, 6) is 2.55. The molecule has 9 heteroatoms. The molecule has 0 radical (unpaired) electrons. The summed E-state index contributed by atoms with van der Waals surface area (Å²) in [4.78, 5) is 16.6. The molecule has 0 saturated carbocycles. The Bertz CT molecular complexity index is 1150. The molecule has 0 aliphatic carbocycles. The number of alkyl halides is 1. The summed E-state index contributed by atoms with van der Waals surface area (Å²) in [5.41, 5.74) is 1.31. The molecule has 3 aromatic rings. The van der Waals surface area contributed by atoms with Gasteiger partial charge >= 0.3 is 6.03 Å². The predicted octanol–water partition coefficient (Wildman–Crippen LogP) is 6.86. The van der Waals surface area contributed by atoms with Gasteiger partial charge in [-0.15, -0.1) is 11.6 Å². The van der Waals surface area contributed by atoms with E-state index in [0.29, 0.717) is 58.3 Å². The summed E-state index contributed by atoms with van der Waals surface area (Å²) in [7, 11) is 1.57. The zero-order chi connectivity index (χ0) is 24.7. The highest BCUT2D eigenvalue weighted by Crippen LogP contribution is 2.38. The monoisotopic (exact) mass is 505 g/mol. The standard InChI is InChI=1S/C25H29Cl2N3O4/c1-25(2,3)8-11-29-24(31)30-19-6-5-16(13-18(19)27)34-21-7-10-28-20-15-23(33-12-9-26)22(32-4)14-17(20)21/h5-7,10,13-15H,8-9,11-12H2,1-4H3,(H2,29,30,31). The van der Waals surface area contributed by atoms with Crippen molar-refractivity contribution in [1.29, 1.82) is 0 Å². The van der Waals surface area contributed by atoms with Crippen LogP contribution in [0.1, 0.15) is 27.2 Å². The number of methoxy groups -OCH3 is 1. The number of fused-ring (bicyclic) bond motifs is 1. The number of nitrogens with one attached hydrogen (secondary N) is 2. The van der Waals surface area contributed by atoms with E-state index in [4.69, 9.17) is 37.4 Å². The summed E-state index contributed by atoms with van der Waals surface area (Å²) in [6.07, 6.45) is 2.51. The van der Waals surface area contributed by atoms with Gasteiger partial charge in [0.2, 0.25) is 0 Å². The average molecular weight is 506 g/mol. The van der Waals surface area contributed by atoms with E-state index < -0.39 is 0 Å². The topological polar surface area (TPSA) is 81.7 Å². The number of halogens is 2. The minimum absolute atomic E-state index is 0.143. The molecule has 1 aromatic heterocycles. The Morgan fingerprint density at radius 1 is 1.09 bits per heavy atom. The largest absolute Gasteiger partial charge is 0.493 e. The highest BCUT2D eigenvalue weighted by Gasteiger charge is 2.14. The number of amides is 2. The van der Waals surface area contributed by atoms with Gasteiger partial charge < -0.3 is 24.8 Å². The zero-order valence-electron chi connectivity index (χ0n) is 19.7. The van der Waals surface area contributed by atoms with Crippen molar-refractivity contribution in [2.24, 2.45) is 5.41 Å². The van der Waals surface area contributed by atoms with Crippen molar-refractivity contribution in [3.8, 4) is 23.0 Å². The second kappa shape index (κ2) is 11.5. The smallest absolute Gasteiger partial charge is 0.319 e. The number of urea groups is 1. The fraction of sp³-hybridized carbons (Fsp3) is 0.360. The maximum absolute atomic E-state index is 12.2. The van der Waals surface area contributed by atoms with Crippen LogP contribution in [0.2, 0.25) is 5.02 Å². The molecule has 0 saturated heterocycles. The summed E-state index contributed by atoms with van der Waals surface area (Å²) in [5, 5.41) is 6.71. The third-order valence-electron chi connectivity index (χ3n) is 4.90. The highest BCUT2D eigenvalue weighted by molar-refractivity contribution is 6.33. The summed E-state index contributed by atoms with van der Waals surface area (Å²) in [6.45, 7) is 7.30. The second-order valence-electron chi connectivity index (χ2n) is 8.80. The maximum Gasteiger partial charge on any atom is 0.319 e. The van der Waals surface area contributed by atoms with Gasteiger partial charge in [-0.2, -0.15) is 0 Å². The van der Waals surface area contributed by atoms with Crippen LogP contribution < -0.4 is 24.8 Å². The van der Waals surface area contributed by atoms with Gasteiger partial charge in [0.1, 0.15) is 18.1 Å². The van der Waals surface area contributed by atoms with Crippen LogP contribution in [0.3, 0.4) is 0 Å². The first-order chi connectivity index (χ1) is 16.2. The molecular formula is C25H29Cl2N3O4. The first-order valence-corrected chi connectivity index (χ1v) is 11.8. The summed E-state index contributed by atoms with van der Waals surface area (Å²) in [6, 6.07) is 10.1. The van der Waals surface area contributed by atoms with Crippen molar-refractivity contribution in [3.63, 3.8) is 0 Å². The lowest BCUT2D eigenvalue weighted by molar-refractivity contribution is 0.250. The second-order valence-corrected chi connectivity index (χ2v) is 9.59. The molecule has 0 fully saturated rings. The van der Waals surface area contributed by atoms with Crippen LogP contribution in [-0.4, -0.2) is 37.2 Å². The van der Waals surface area contributed by atoms with Crippen LogP contribution >= 0.6 is 23.2 Å². The molecule has 0 spiro atoms. The molecule has 3 rings (SSSR count). The molecular weight excluding hydrogens is 477 g/mol. The van der Waals surface area contributed by atoms with E-state index in [9.17, 15) is 4.79 Å². The quantitative estimate of drug-likeness (QED) is 0.310. The van der Waals surface area contributed by atoms with Gasteiger partial charge in [-0.3, -0.25) is 4.98 Å². The first kappa shape index (κ1) is 25.7. The number of pyridine rings is 1. The number of hydrogen-bond donors (Lipinski definition) is 2. The van der Waals surface area contributed by atoms with Crippen LogP contribution in [0.5, 0.6) is 23.0 Å². The van der Waals surface area contributed by atoms with E-state index >= 15 is 0 Å². The fourth-order valence-corrected chi connectivity index (χ4v) is 3.44. The normalized spacial score (nSPS) is 11.2. The first-order valence-electron chi connectivity index (χ1n) is 10.9.